The van der Waals surface area contributed by atoms with Crippen molar-refractivity contribution in [1.82, 2.24) is 15.0 Å². The van der Waals surface area contributed by atoms with Crippen LogP contribution in [0.2, 0.25) is 0 Å². The second kappa shape index (κ2) is 7.61. The minimum atomic E-state index is -0.0985. The summed E-state index contributed by atoms with van der Waals surface area (Å²) in [6, 6.07) is 9.57. The van der Waals surface area contributed by atoms with Gasteiger partial charge in [-0.1, -0.05) is 6.07 Å². The summed E-state index contributed by atoms with van der Waals surface area (Å²) in [7, 11) is 0. The Morgan fingerprint density at radius 1 is 1.15 bits per heavy atom. The molecule has 1 amide bonds. The smallest absolute Gasteiger partial charge is 0.230 e. The van der Waals surface area contributed by atoms with Crippen LogP contribution < -0.4 is 10.2 Å². The molecule has 1 saturated heterocycles. The van der Waals surface area contributed by atoms with Gasteiger partial charge in [-0.15, -0.1) is 11.3 Å². The van der Waals surface area contributed by atoms with Gasteiger partial charge in [0, 0.05) is 24.7 Å². The highest BCUT2D eigenvalue weighted by Crippen LogP contribution is 2.22. The standard InChI is InChI=1S/C19H19N5OS/c25-18(11-15-13-26-19(23-15)16-5-1-2-8-20-16)22-14-6-7-17(21-12-14)24-9-3-4-10-24/h1-2,5-8,12-13H,3-4,9-11H2,(H,22,25). The van der Waals surface area contributed by atoms with E-state index in [9.17, 15) is 4.79 Å². The zero-order valence-electron chi connectivity index (χ0n) is 14.3. The SMILES string of the molecule is O=C(Cc1csc(-c2ccccn2)n1)Nc1ccc(N2CCCC2)nc1. The summed E-state index contributed by atoms with van der Waals surface area (Å²) in [5.74, 6) is 0.874. The van der Waals surface area contributed by atoms with Gasteiger partial charge in [0.1, 0.15) is 10.8 Å². The number of carbonyl (C=O) groups is 1. The number of hydrogen-bond donors (Lipinski definition) is 1. The Hall–Kier alpha value is -2.80. The molecule has 132 valence electrons. The number of nitrogens with one attached hydrogen (secondary N) is 1. The van der Waals surface area contributed by atoms with Gasteiger partial charge in [-0.3, -0.25) is 9.78 Å². The lowest BCUT2D eigenvalue weighted by Gasteiger charge is -2.16. The van der Waals surface area contributed by atoms with Gasteiger partial charge in [0.05, 0.1) is 29.7 Å². The highest BCUT2D eigenvalue weighted by molar-refractivity contribution is 7.13. The number of anilines is 2. The summed E-state index contributed by atoms with van der Waals surface area (Å²) in [5.41, 5.74) is 2.28. The first-order valence-corrected chi connectivity index (χ1v) is 9.52. The zero-order chi connectivity index (χ0) is 17.8. The van der Waals surface area contributed by atoms with Crippen molar-refractivity contribution in [2.75, 3.05) is 23.3 Å². The monoisotopic (exact) mass is 365 g/mol. The lowest BCUT2D eigenvalue weighted by molar-refractivity contribution is -0.115. The van der Waals surface area contributed by atoms with Gasteiger partial charge in [-0.2, -0.15) is 0 Å². The number of hydrogen-bond acceptors (Lipinski definition) is 6. The van der Waals surface area contributed by atoms with Crippen LogP contribution in [0.4, 0.5) is 11.5 Å². The molecule has 3 aromatic heterocycles. The third-order valence-corrected chi connectivity index (χ3v) is 5.15. The third-order valence-electron chi connectivity index (χ3n) is 4.24. The lowest BCUT2D eigenvalue weighted by Crippen LogP contribution is -2.19. The molecule has 4 rings (SSSR count). The van der Waals surface area contributed by atoms with Crippen molar-refractivity contribution in [3.8, 4) is 10.7 Å². The van der Waals surface area contributed by atoms with Crippen molar-refractivity contribution in [1.29, 1.82) is 0 Å². The number of nitrogens with zero attached hydrogens (tertiary/aromatic N) is 4. The predicted octanol–water partition coefficient (Wildman–Crippen LogP) is 3.38. The molecular formula is C19H19N5OS. The zero-order valence-corrected chi connectivity index (χ0v) is 15.1. The number of thiazole rings is 1. The molecule has 1 aliphatic rings. The van der Waals surface area contributed by atoms with Crippen LogP contribution in [-0.2, 0) is 11.2 Å². The number of rotatable bonds is 5. The van der Waals surface area contributed by atoms with E-state index in [4.69, 9.17) is 0 Å². The maximum absolute atomic E-state index is 12.3. The molecule has 0 bridgehead atoms. The van der Waals surface area contributed by atoms with Gasteiger partial charge in [-0.25, -0.2) is 9.97 Å². The second-order valence-electron chi connectivity index (χ2n) is 6.18. The Labute approximate surface area is 155 Å². The maximum atomic E-state index is 12.3. The summed E-state index contributed by atoms with van der Waals surface area (Å²) < 4.78 is 0. The first kappa shape index (κ1) is 16.7. The van der Waals surface area contributed by atoms with Crippen LogP contribution in [0.5, 0.6) is 0 Å². The van der Waals surface area contributed by atoms with E-state index < -0.39 is 0 Å². The molecule has 7 heteroatoms. The maximum Gasteiger partial charge on any atom is 0.230 e. The van der Waals surface area contributed by atoms with Crippen molar-refractivity contribution in [2.24, 2.45) is 0 Å². The van der Waals surface area contributed by atoms with Crippen LogP contribution in [0.15, 0.2) is 48.1 Å². The van der Waals surface area contributed by atoms with Gasteiger partial charge in [0.15, 0.2) is 0 Å². The average Bonchev–Trinajstić information content (AvgIpc) is 3.35. The van der Waals surface area contributed by atoms with Crippen LogP contribution in [-0.4, -0.2) is 33.9 Å². The van der Waals surface area contributed by atoms with Gasteiger partial charge < -0.3 is 10.2 Å². The van der Waals surface area contributed by atoms with Crippen LogP contribution in [0, 0.1) is 0 Å². The highest BCUT2D eigenvalue weighted by atomic mass is 32.1. The molecular weight excluding hydrogens is 346 g/mol. The van der Waals surface area contributed by atoms with E-state index in [-0.39, 0.29) is 12.3 Å². The fraction of sp³-hybridized carbons (Fsp3) is 0.263. The minimum absolute atomic E-state index is 0.0985. The van der Waals surface area contributed by atoms with Crippen molar-refractivity contribution in [3.63, 3.8) is 0 Å². The van der Waals surface area contributed by atoms with Crippen LogP contribution in [0.1, 0.15) is 18.5 Å². The topological polar surface area (TPSA) is 71.0 Å². The van der Waals surface area contributed by atoms with E-state index in [2.05, 4.69) is 25.2 Å². The molecule has 0 spiro atoms. The quantitative estimate of drug-likeness (QED) is 0.750. The summed E-state index contributed by atoms with van der Waals surface area (Å²) in [4.78, 5) is 27.8. The molecule has 0 atom stereocenters. The fourth-order valence-electron chi connectivity index (χ4n) is 2.96. The molecule has 0 aromatic carbocycles. The number of carbonyl (C=O) groups excluding carboxylic acids is 1. The first-order chi connectivity index (χ1) is 12.8. The van der Waals surface area contributed by atoms with E-state index in [1.807, 2.05) is 35.7 Å². The predicted molar refractivity (Wildman–Crippen MR) is 103 cm³/mol. The minimum Gasteiger partial charge on any atom is -0.357 e. The Morgan fingerprint density at radius 2 is 2.04 bits per heavy atom. The normalized spacial score (nSPS) is 13.8. The molecule has 3 aromatic rings. The molecule has 1 fully saturated rings. The van der Waals surface area contributed by atoms with Crippen LogP contribution in [0.3, 0.4) is 0 Å². The second-order valence-corrected chi connectivity index (χ2v) is 7.04. The van der Waals surface area contributed by atoms with Crippen LogP contribution in [0.25, 0.3) is 10.7 Å². The summed E-state index contributed by atoms with van der Waals surface area (Å²) in [6.45, 7) is 2.11. The molecule has 4 heterocycles. The number of aromatic nitrogens is 3. The van der Waals surface area contributed by atoms with E-state index in [0.29, 0.717) is 5.69 Å². The van der Waals surface area contributed by atoms with Gasteiger partial charge in [0.25, 0.3) is 0 Å². The molecule has 6 nitrogen and oxygen atoms in total. The summed E-state index contributed by atoms with van der Waals surface area (Å²) >= 11 is 1.50. The highest BCUT2D eigenvalue weighted by Gasteiger charge is 2.14. The number of amides is 1. The molecule has 0 radical (unpaired) electrons. The molecule has 1 N–H and O–H groups in total. The van der Waals surface area contributed by atoms with Gasteiger partial charge >= 0.3 is 0 Å². The Kier molecular flexibility index (Phi) is 4.88. The average molecular weight is 365 g/mol. The van der Waals surface area contributed by atoms with Crippen LogP contribution >= 0.6 is 11.3 Å². The first-order valence-electron chi connectivity index (χ1n) is 8.64. The summed E-state index contributed by atoms with van der Waals surface area (Å²) in [5, 5.41) is 5.61. The van der Waals surface area contributed by atoms with E-state index >= 15 is 0 Å². The molecule has 0 saturated carbocycles. The molecule has 0 aliphatic carbocycles. The number of pyridine rings is 2. The Balaban J connectivity index is 1.36. The summed E-state index contributed by atoms with van der Waals surface area (Å²) in [6.07, 6.45) is 6.12. The van der Waals surface area contributed by atoms with E-state index in [1.165, 1.54) is 24.2 Å². The van der Waals surface area contributed by atoms with Crippen molar-refractivity contribution in [2.45, 2.75) is 19.3 Å². The Bertz CT molecular complexity index is 872. The van der Waals surface area contributed by atoms with Gasteiger partial charge in [-0.05, 0) is 37.1 Å². The fourth-order valence-corrected chi connectivity index (χ4v) is 3.75. The van der Waals surface area contributed by atoms with Crippen molar-refractivity contribution < 1.29 is 4.79 Å². The van der Waals surface area contributed by atoms with E-state index in [1.54, 1.807) is 12.4 Å². The van der Waals surface area contributed by atoms with E-state index in [0.717, 1.165) is 35.3 Å². The van der Waals surface area contributed by atoms with Gasteiger partial charge in [0.2, 0.25) is 5.91 Å². The van der Waals surface area contributed by atoms with Crippen molar-refractivity contribution >= 4 is 28.7 Å². The third kappa shape index (κ3) is 3.88. The molecule has 0 unspecified atom stereocenters. The largest absolute Gasteiger partial charge is 0.357 e. The molecule has 26 heavy (non-hydrogen) atoms. The lowest BCUT2D eigenvalue weighted by atomic mass is 10.3. The molecule has 1 aliphatic heterocycles. The van der Waals surface area contributed by atoms with Crippen molar-refractivity contribution in [3.05, 3.63) is 53.8 Å². The Morgan fingerprint density at radius 3 is 2.77 bits per heavy atom.